The average molecular weight is 487 g/mol. The van der Waals surface area contributed by atoms with E-state index in [-0.39, 0.29) is 11.8 Å². The van der Waals surface area contributed by atoms with Gasteiger partial charge in [0.1, 0.15) is 22.8 Å². The van der Waals surface area contributed by atoms with Crippen molar-refractivity contribution in [3.63, 3.8) is 0 Å². The summed E-state index contributed by atoms with van der Waals surface area (Å²) < 4.78 is 23.7. The number of carbonyl (C=O) groups is 1. The first kappa shape index (κ1) is 23.3. The fourth-order valence-electron chi connectivity index (χ4n) is 6.13. The zero-order chi connectivity index (χ0) is 23.5. The Balaban J connectivity index is 1.59. The molecule has 2 aromatic carbocycles. The lowest BCUT2D eigenvalue weighted by Crippen LogP contribution is -2.53. The summed E-state index contributed by atoms with van der Waals surface area (Å²) in [6, 6.07) is 13.0. The molecule has 2 saturated carbocycles. The monoisotopic (exact) mass is 486 g/mol. The maximum absolute atomic E-state index is 11.4. The average Bonchev–Trinajstić information content (AvgIpc) is 2.86. The number of hydrogen-bond acceptors (Lipinski definition) is 5. The van der Waals surface area contributed by atoms with Crippen LogP contribution in [-0.2, 0) is 15.1 Å². The zero-order valence-electron chi connectivity index (χ0n) is 19.2. The van der Waals surface area contributed by atoms with Gasteiger partial charge in [0.05, 0.1) is 0 Å². The van der Waals surface area contributed by atoms with E-state index >= 15 is 0 Å². The Morgan fingerprint density at radius 3 is 2.06 bits per heavy atom. The maximum atomic E-state index is 11.4. The Hall–Kier alpha value is -2.44. The van der Waals surface area contributed by atoms with Crippen molar-refractivity contribution in [2.75, 3.05) is 0 Å². The van der Waals surface area contributed by atoms with Gasteiger partial charge in [-0.1, -0.05) is 50.1 Å². The van der Waals surface area contributed by atoms with Crippen LogP contribution in [0.4, 0.5) is 4.79 Å². The summed E-state index contributed by atoms with van der Waals surface area (Å²) in [5, 5.41) is 9.97. The van der Waals surface area contributed by atoms with Gasteiger partial charge in [0, 0.05) is 10.6 Å². The summed E-state index contributed by atoms with van der Waals surface area (Å²) in [5.41, 5.74) is 0.275. The lowest BCUT2D eigenvalue weighted by Gasteiger charge is -2.52. The molecule has 1 heterocycles. The van der Waals surface area contributed by atoms with Crippen molar-refractivity contribution in [1.82, 2.24) is 0 Å². The van der Waals surface area contributed by atoms with Crippen LogP contribution in [0.3, 0.4) is 0 Å². The van der Waals surface area contributed by atoms with E-state index in [9.17, 15) is 9.90 Å². The highest BCUT2D eigenvalue weighted by Gasteiger charge is 2.54. The maximum Gasteiger partial charge on any atom is 0.510 e. The number of ether oxygens (including phenoxy) is 4. The first-order valence-electron chi connectivity index (χ1n) is 12.4. The molecule has 1 atom stereocenters. The second-order valence-electron chi connectivity index (χ2n) is 9.59. The van der Waals surface area contributed by atoms with E-state index in [0.29, 0.717) is 22.3 Å². The minimum atomic E-state index is -1.41. The molecule has 2 aliphatic carbocycles. The molecule has 1 aliphatic heterocycles. The van der Waals surface area contributed by atoms with Crippen LogP contribution in [0.5, 0.6) is 17.2 Å². The second-order valence-corrected chi connectivity index (χ2v) is 10.0. The summed E-state index contributed by atoms with van der Waals surface area (Å²) in [4.78, 5) is 11.4. The molecule has 0 spiro atoms. The van der Waals surface area contributed by atoms with E-state index in [1.165, 1.54) is 12.8 Å². The van der Waals surface area contributed by atoms with Gasteiger partial charge in [-0.3, -0.25) is 4.74 Å². The topological polar surface area (TPSA) is 74.2 Å². The van der Waals surface area contributed by atoms with Gasteiger partial charge < -0.3 is 19.3 Å². The highest BCUT2D eigenvalue weighted by molar-refractivity contribution is 6.30. The molecule has 1 unspecified atom stereocenters. The van der Waals surface area contributed by atoms with Gasteiger partial charge in [-0.15, -0.1) is 0 Å². The predicted molar refractivity (Wildman–Crippen MR) is 127 cm³/mol. The largest absolute Gasteiger partial charge is 0.510 e. The highest BCUT2D eigenvalue weighted by atomic mass is 35.5. The molecule has 0 bridgehead atoms. The molecule has 0 radical (unpaired) electrons. The van der Waals surface area contributed by atoms with Gasteiger partial charge in [0.15, 0.2) is 0 Å². The third-order valence-electron chi connectivity index (χ3n) is 7.56. The quantitative estimate of drug-likeness (QED) is 0.433. The normalized spacial score (nSPS) is 22.9. The van der Waals surface area contributed by atoms with Crippen molar-refractivity contribution >= 4 is 17.8 Å². The van der Waals surface area contributed by atoms with Crippen LogP contribution in [0.15, 0.2) is 42.5 Å². The summed E-state index contributed by atoms with van der Waals surface area (Å²) in [7, 11) is 0. The molecular weight excluding hydrogens is 456 g/mol. The standard InChI is InChI=1S/C27H31ClO6/c28-20-11-13-21(14-12-20)31-22-15-16-24-23(17-22)27(18-7-3-1-4-8-18,19-9-5-2-6-10-19)34-26(32-24)33-25(29)30/h11-19,26H,1-10H2,(H,29,30). The zero-order valence-corrected chi connectivity index (χ0v) is 20.0. The van der Waals surface area contributed by atoms with Crippen LogP contribution in [0, 0.1) is 11.8 Å². The van der Waals surface area contributed by atoms with E-state index in [4.69, 9.17) is 30.5 Å². The lowest BCUT2D eigenvalue weighted by molar-refractivity contribution is -0.324. The summed E-state index contributed by atoms with van der Waals surface area (Å²) in [6.45, 7) is -1.28. The third kappa shape index (κ3) is 4.71. The molecule has 5 rings (SSSR count). The van der Waals surface area contributed by atoms with Gasteiger partial charge in [0.25, 0.3) is 0 Å². The molecule has 2 aromatic rings. The van der Waals surface area contributed by atoms with Crippen LogP contribution in [0.2, 0.25) is 5.02 Å². The fourth-order valence-corrected chi connectivity index (χ4v) is 6.25. The number of carboxylic acid groups (broad SMARTS) is 1. The predicted octanol–water partition coefficient (Wildman–Crippen LogP) is 7.88. The van der Waals surface area contributed by atoms with Crippen LogP contribution in [-0.4, -0.2) is 17.7 Å². The Kier molecular flexibility index (Phi) is 6.89. The third-order valence-corrected chi connectivity index (χ3v) is 7.81. The summed E-state index contributed by atoms with van der Waals surface area (Å²) in [5.74, 6) is 2.50. The van der Waals surface area contributed by atoms with Crippen molar-refractivity contribution in [3.8, 4) is 17.2 Å². The molecule has 2 fully saturated rings. The van der Waals surface area contributed by atoms with Crippen LogP contribution in [0.1, 0.15) is 69.8 Å². The smallest absolute Gasteiger partial charge is 0.457 e. The molecule has 6 nitrogen and oxygen atoms in total. The number of rotatable bonds is 5. The Morgan fingerprint density at radius 2 is 1.47 bits per heavy atom. The van der Waals surface area contributed by atoms with Gasteiger partial charge >= 0.3 is 12.6 Å². The molecular formula is C27H31ClO6. The number of benzene rings is 2. The van der Waals surface area contributed by atoms with Crippen molar-refractivity contribution in [3.05, 3.63) is 53.1 Å². The molecule has 1 N–H and O–H groups in total. The molecule has 182 valence electrons. The summed E-state index contributed by atoms with van der Waals surface area (Å²) >= 11 is 6.03. The van der Waals surface area contributed by atoms with Gasteiger partial charge in [0.2, 0.25) is 0 Å². The highest BCUT2D eigenvalue weighted by Crippen LogP contribution is 2.56. The second kappa shape index (κ2) is 10.0. The number of fused-ring (bicyclic) bond motifs is 1. The SMILES string of the molecule is O=C(O)OC1Oc2ccc(Oc3ccc(Cl)cc3)cc2C(C2CCCCC2)(C2CCCCC2)O1. The van der Waals surface area contributed by atoms with Crippen molar-refractivity contribution in [2.45, 2.75) is 76.3 Å². The lowest BCUT2D eigenvalue weighted by atomic mass is 9.63. The molecule has 7 heteroatoms. The molecule has 0 saturated heterocycles. The Morgan fingerprint density at radius 1 is 0.882 bits per heavy atom. The van der Waals surface area contributed by atoms with E-state index in [1.54, 1.807) is 12.1 Å². The minimum Gasteiger partial charge on any atom is -0.457 e. The number of halogens is 1. The Labute approximate surface area is 205 Å². The first-order chi connectivity index (χ1) is 16.5. The molecule has 34 heavy (non-hydrogen) atoms. The van der Waals surface area contributed by atoms with Crippen molar-refractivity contribution in [2.24, 2.45) is 11.8 Å². The molecule has 0 amide bonds. The fraction of sp³-hybridized carbons (Fsp3) is 0.519. The van der Waals surface area contributed by atoms with Crippen LogP contribution >= 0.6 is 11.6 Å². The van der Waals surface area contributed by atoms with Gasteiger partial charge in [-0.05, 0) is 80.0 Å². The van der Waals surface area contributed by atoms with Gasteiger partial charge in [-0.2, -0.15) is 0 Å². The van der Waals surface area contributed by atoms with Gasteiger partial charge in [-0.25, -0.2) is 4.79 Å². The van der Waals surface area contributed by atoms with Crippen LogP contribution < -0.4 is 9.47 Å². The van der Waals surface area contributed by atoms with Crippen LogP contribution in [0.25, 0.3) is 0 Å². The summed E-state index contributed by atoms with van der Waals surface area (Å²) in [6.07, 6.45) is 9.76. The Bertz CT molecular complexity index is 977. The van der Waals surface area contributed by atoms with E-state index in [0.717, 1.165) is 56.9 Å². The van der Waals surface area contributed by atoms with E-state index in [2.05, 4.69) is 0 Å². The first-order valence-corrected chi connectivity index (χ1v) is 12.7. The van der Waals surface area contributed by atoms with E-state index in [1.807, 2.05) is 30.3 Å². The van der Waals surface area contributed by atoms with Crippen molar-refractivity contribution in [1.29, 1.82) is 0 Å². The molecule has 0 aromatic heterocycles. The van der Waals surface area contributed by atoms with Crippen molar-refractivity contribution < 1.29 is 28.8 Å². The molecule has 3 aliphatic rings. The number of hydrogen-bond donors (Lipinski definition) is 1. The minimum absolute atomic E-state index is 0.262. The van der Waals surface area contributed by atoms with E-state index < -0.39 is 18.2 Å².